The number of rotatable bonds is 5. The summed E-state index contributed by atoms with van der Waals surface area (Å²) in [5.74, 6) is 0.985. The van der Waals surface area contributed by atoms with E-state index in [2.05, 4.69) is 34.3 Å². The molecule has 3 heterocycles. The van der Waals surface area contributed by atoms with Gasteiger partial charge < -0.3 is 9.52 Å². The summed E-state index contributed by atoms with van der Waals surface area (Å²) in [5.41, 5.74) is 1.20. The van der Waals surface area contributed by atoms with Gasteiger partial charge in [-0.25, -0.2) is 0 Å². The number of piperazine rings is 1. The van der Waals surface area contributed by atoms with Gasteiger partial charge in [-0.05, 0) is 25.5 Å². The van der Waals surface area contributed by atoms with Crippen LogP contribution in [0.5, 0.6) is 0 Å². The lowest BCUT2D eigenvalue weighted by Crippen LogP contribution is -2.55. The number of hydrogen-bond acceptors (Lipinski definition) is 5. The highest BCUT2D eigenvalue weighted by Gasteiger charge is 2.36. The molecule has 0 aliphatic carbocycles. The summed E-state index contributed by atoms with van der Waals surface area (Å²) in [4.78, 5) is 18.6. The number of nitrogens with zero attached hydrogens (tertiary/aromatic N) is 3. The van der Waals surface area contributed by atoms with Gasteiger partial charge in [-0.15, -0.1) is 6.58 Å². The second-order valence-corrected chi connectivity index (χ2v) is 7.38. The Morgan fingerprint density at radius 1 is 1.28 bits per heavy atom. The minimum absolute atomic E-state index is 0.327. The smallest absolute Gasteiger partial charge is 0.309 e. The molecule has 0 spiro atoms. The molecule has 0 amide bonds. The Morgan fingerprint density at radius 2 is 2.04 bits per heavy atom. The van der Waals surface area contributed by atoms with Gasteiger partial charge >= 0.3 is 5.97 Å². The predicted molar refractivity (Wildman–Crippen MR) is 96.6 cm³/mol. The van der Waals surface area contributed by atoms with E-state index in [9.17, 15) is 9.90 Å². The van der Waals surface area contributed by atoms with Crippen molar-refractivity contribution in [1.29, 1.82) is 0 Å². The normalized spacial score (nSPS) is 26.2. The van der Waals surface area contributed by atoms with Crippen molar-refractivity contribution in [2.45, 2.75) is 26.4 Å². The second kappa shape index (κ2) is 7.72. The Balaban J connectivity index is 1.67. The third-order valence-corrected chi connectivity index (χ3v) is 5.42. The number of aryl methyl sites for hydroxylation is 2. The molecule has 1 aromatic heterocycles. The van der Waals surface area contributed by atoms with Gasteiger partial charge in [-0.2, -0.15) is 0 Å². The second-order valence-electron chi connectivity index (χ2n) is 7.38. The van der Waals surface area contributed by atoms with Gasteiger partial charge in [0, 0.05) is 51.9 Å². The lowest BCUT2D eigenvalue weighted by Gasteiger charge is -2.41. The van der Waals surface area contributed by atoms with Crippen LogP contribution in [-0.4, -0.2) is 77.6 Å². The Labute approximate surface area is 149 Å². The first-order chi connectivity index (χ1) is 12.0. The molecule has 6 nitrogen and oxygen atoms in total. The zero-order valence-electron chi connectivity index (χ0n) is 15.3. The lowest BCUT2D eigenvalue weighted by atomic mass is 10.1. The van der Waals surface area contributed by atoms with Crippen molar-refractivity contribution in [2.75, 3.05) is 45.8 Å². The monoisotopic (exact) mass is 347 g/mol. The summed E-state index contributed by atoms with van der Waals surface area (Å²) in [6, 6.07) is 2.48. The average molecular weight is 347 g/mol. The number of furan rings is 1. The fourth-order valence-electron chi connectivity index (χ4n) is 3.98. The highest BCUT2D eigenvalue weighted by atomic mass is 16.4. The van der Waals surface area contributed by atoms with E-state index in [0.29, 0.717) is 19.1 Å². The number of fused-ring (bicyclic) bond motifs is 1. The summed E-state index contributed by atoms with van der Waals surface area (Å²) < 4.78 is 5.83. The van der Waals surface area contributed by atoms with E-state index in [1.54, 1.807) is 0 Å². The molecular weight excluding hydrogens is 318 g/mol. The Kier molecular flexibility index (Phi) is 5.61. The van der Waals surface area contributed by atoms with Crippen LogP contribution in [0.1, 0.15) is 17.1 Å². The molecule has 0 aromatic carbocycles. The third-order valence-electron chi connectivity index (χ3n) is 5.42. The summed E-state index contributed by atoms with van der Waals surface area (Å²) in [6.07, 6.45) is 1.86. The predicted octanol–water partition coefficient (Wildman–Crippen LogP) is 1.59. The van der Waals surface area contributed by atoms with E-state index in [-0.39, 0.29) is 5.92 Å². The molecule has 2 saturated heterocycles. The first kappa shape index (κ1) is 18.2. The van der Waals surface area contributed by atoms with Crippen molar-refractivity contribution in [3.63, 3.8) is 0 Å². The van der Waals surface area contributed by atoms with Gasteiger partial charge in [0.15, 0.2) is 0 Å². The van der Waals surface area contributed by atoms with Gasteiger partial charge in [0.25, 0.3) is 0 Å². The maximum absolute atomic E-state index is 11.6. The van der Waals surface area contributed by atoms with Crippen LogP contribution in [0.25, 0.3) is 0 Å². The fourth-order valence-corrected chi connectivity index (χ4v) is 3.98. The van der Waals surface area contributed by atoms with Crippen LogP contribution in [0.2, 0.25) is 0 Å². The van der Waals surface area contributed by atoms with Crippen LogP contribution in [0, 0.1) is 19.8 Å². The summed E-state index contributed by atoms with van der Waals surface area (Å²) in [5, 5.41) is 9.51. The number of aliphatic carboxylic acids is 1. The molecule has 25 heavy (non-hydrogen) atoms. The van der Waals surface area contributed by atoms with E-state index >= 15 is 0 Å². The van der Waals surface area contributed by atoms with Crippen molar-refractivity contribution >= 4 is 5.97 Å². The lowest BCUT2D eigenvalue weighted by molar-refractivity contribution is -0.142. The number of carbonyl (C=O) groups is 1. The maximum atomic E-state index is 11.6. The average Bonchev–Trinajstić information content (AvgIpc) is 2.77. The van der Waals surface area contributed by atoms with E-state index in [0.717, 1.165) is 50.8 Å². The van der Waals surface area contributed by atoms with E-state index in [1.165, 1.54) is 5.56 Å². The Morgan fingerprint density at radius 3 is 2.68 bits per heavy atom. The SMILES string of the molecule is C=CCN1CC(C(=O)O)CN2CCN(Cc3cc(C)c(C)o3)CC2C1. The first-order valence-electron chi connectivity index (χ1n) is 9.04. The third kappa shape index (κ3) is 4.32. The molecule has 138 valence electrons. The molecule has 2 unspecified atom stereocenters. The molecular formula is C19H29N3O3. The minimum atomic E-state index is -0.696. The molecule has 2 atom stereocenters. The quantitative estimate of drug-likeness (QED) is 0.816. The van der Waals surface area contributed by atoms with Crippen LogP contribution in [0.4, 0.5) is 0 Å². The van der Waals surface area contributed by atoms with Crippen LogP contribution >= 0.6 is 0 Å². The van der Waals surface area contributed by atoms with E-state index < -0.39 is 5.97 Å². The summed E-state index contributed by atoms with van der Waals surface area (Å²) >= 11 is 0. The molecule has 1 aromatic rings. The van der Waals surface area contributed by atoms with Crippen LogP contribution in [0.15, 0.2) is 23.1 Å². The van der Waals surface area contributed by atoms with E-state index in [1.807, 2.05) is 13.0 Å². The van der Waals surface area contributed by atoms with Crippen molar-refractivity contribution in [1.82, 2.24) is 14.7 Å². The highest BCUT2D eigenvalue weighted by molar-refractivity contribution is 5.70. The van der Waals surface area contributed by atoms with Gasteiger partial charge in [0.1, 0.15) is 11.5 Å². The Hall–Kier alpha value is -1.63. The molecule has 2 aliphatic heterocycles. The van der Waals surface area contributed by atoms with Crippen molar-refractivity contribution < 1.29 is 14.3 Å². The van der Waals surface area contributed by atoms with Gasteiger partial charge in [0.2, 0.25) is 0 Å². The van der Waals surface area contributed by atoms with Crippen LogP contribution < -0.4 is 0 Å². The van der Waals surface area contributed by atoms with Gasteiger partial charge in [-0.3, -0.25) is 19.5 Å². The summed E-state index contributed by atoms with van der Waals surface area (Å²) in [6.45, 7) is 14.4. The molecule has 2 aliphatic rings. The topological polar surface area (TPSA) is 60.2 Å². The van der Waals surface area contributed by atoms with E-state index in [4.69, 9.17) is 4.42 Å². The standard InChI is InChI=1S/C19H29N3O3/c1-4-5-20-9-16(19(23)24)10-22-7-6-21(12-17(22)11-20)13-18-8-14(2)15(3)25-18/h4,8,16-17H,1,5-7,9-13H2,2-3H3,(H,23,24). The van der Waals surface area contributed by atoms with Crippen LogP contribution in [-0.2, 0) is 11.3 Å². The number of hydrogen-bond donors (Lipinski definition) is 1. The highest BCUT2D eigenvalue weighted by Crippen LogP contribution is 2.21. The van der Waals surface area contributed by atoms with Crippen LogP contribution in [0.3, 0.4) is 0 Å². The summed E-state index contributed by atoms with van der Waals surface area (Å²) in [7, 11) is 0. The molecule has 3 rings (SSSR count). The van der Waals surface area contributed by atoms with Gasteiger partial charge in [0.05, 0.1) is 12.5 Å². The van der Waals surface area contributed by atoms with Crippen molar-refractivity contribution in [3.05, 3.63) is 35.8 Å². The fraction of sp³-hybridized carbons (Fsp3) is 0.632. The Bertz CT molecular complexity index is 608. The van der Waals surface area contributed by atoms with Crippen molar-refractivity contribution in [3.8, 4) is 0 Å². The molecule has 0 bridgehead atoms. The molecule has 0 radical (unpaired) electrons. The largest absolute Gasteiger partial charge is 0.481 e. The molecule has 6 heteroatoms. The number of carboxylic acids is 1. The molecule has 1 N–H and O–H groups in total. The van der Waals surface area contributed by atoms with Crippen molar-refractivity contribution in [2.24, 2.45) is 5.92 Å². The minimum Gasteiger partial charge on any atom is -0.481 e. The maximum Gasteiger partial charge on any atom is 0.309 e. The zero-order chi connectivity index (χ0) is 18.0. The van der Waals surface area contributed by atoms with Gasteiger partial charge in [-0.1, -0.05) is 6.08 Å². The molecule has 2 fully saturated rings. The number of carboxylic acid groups (broad SMARTS) is 1. The molecule has 0 saturated carbocycles. The first-order valence-corrected chi connectivity index (χ1v) is 9.04. The zero-order valence-corrected chi connectivity index (χ0v) is 15.3.